The number of pyridine rings is 1. The molecule has 0 aliphatic carbocycles. The second kappa shape index (κ2) is 5.38. The van der Waals surface area contributed by atoms with Gasteiger partial charge in [-0.15, -0.1) is 0 Å². The molecule has 25 heavy (non-hydrogen) atoms. The number of fused-ring (bicyclic) bond motifs is 2. The van der Waals surface area contributed by atoms with E-state index in [2.05, 4.69) is 40.7 Å². The molecule has 8 heteroatoms. The molecule has 0 atom stereocenters. The maximum Gasteiger partial charge on any atom is 0.162 e. The Labute approximate surface area is 141 Å². The van der Waals surface area contributed by atoms with Crippen LogP contribution >= 0.6 is 0 Å². The first-order chi connectivity index (χ1) is 12.4. The van der Waals surface area contributed by atoms with E-state index < -0.39 is 0 Å². The Balaban J connectivity index is 1.62. The number of rotatable bonds is 3. The van der Waals surface area contributed by atoms with Crippen LogP contribution in [0.25, 0.3) is 33.3 Å². The van der Waals surface area contributed by atoms with Crippen LogP contribution in [0, 0.1) is 0 Å². The lowest BCUT2D eigenvalue weighted by atomic mass is 10.2. The number of aromatic amines is 2. The summed E-state index contributed by atoms with van der Waals surface area (Å²) in [6.07, 6.45) is 6.92. The van der Waals surface area contributed by atoms with Crippen molar-refractivity contribution >= 4 is 33.4 Å². The number of nitrogens with one attached hydrogen (secondary N) is 3. The summed E-state index contributed by atoms with van der Waals surface area (Å²) in [6, 6.07) is 9.71. The van der Waals surface area contributed by atoms with Gasteiger partial charge in [-0.3, -0.25) is 15.2 Å². The molecule has 5 aromatic rings. The largest absolute Gasteiger partial charge is 0.338 e. The van der Waals surface area contributed by atoms with Gasteiger partial charge in [0.25, 0.3) is 0 Å². The molecule has 0 amide bonds. The minimum absolute atomic E-state index is 0.612. The summed E-state index contributed by atoms with van der Waals surface area (Å²) in [7, 11) is 0. The summed E-state index contributed by atoms with van der Waals surface area (Å²) >= 11 is 0. The maximum absolute atomic E-state index is 4.66. The number of nitrogens with zero attached hydrogens (tertiary/aromatic N) is 5. The van der Waals surface area contributed by atoms with Crippen molar-refractivity contribution in [2.75, 3.05) is 5.32 Å². The van der Waals surface area contributed by atoms with Gasteiger partial charge < -0.3 is 5.32 Å². The molecule has 4 aromatic heterocycles. The van der Waals surface area contributed by atoms with Crippen LogP contribution in [0.1, 0.15) is 0 Å². The van der Waals surface area contributed by atoms with Crippen molar-refractivity contribution in [3.8, 4) is 11.4 Å². The van der Waals surface area contributed by atoms with Crippen LogP contribution in [0.4, 0.5) is 11.5 Å². The summed E-state index contributed by atoms with van der Waals surface area (Å²) in [5, 5.41) is 18.4. The molecule has 0 aliphatic heterocycles. The van der Waals surface area contributed by atoms with Crippen molar-refractivity contribution in [3.05, 3.63) is 55.1 Å². The molecule has 1 aromatic carbocycles. The molecule has 3 N–H and O–H groups in total. The standard InChI is InChI=1S/C17H12N8/c1-2-12(7-13-11(1)8-19-24-13)21-17-15-14(9-20-25-15)22-16(23-17)10-3-5-18-6-4-10/h1-9H,(H,19,24)(H,20,25)(H,21,22,23). The highest BCUT2D eigenvalue weighted by Gasteiger charge is 2.11. The molecule has 8 nitrogen and oxygen atoms in total. The smallest absolute Gasteiger partial charge is 0.162 e. The minimum atomic E-state index is 0.612. The van der Waals surface area contributed by atoms with Gasteiger partial charge in [0.15, 0.2) is 11.6 Å². The molecule has 120 valence electrons. The number of anilines is 2. The van der Waals surface area contributed by atoms with E-state index in [0.29, 0.717) is 11.6 Å². The van der Waals surface area contributed by atoms with Crippen molar-refractivity contribution in [3.63, 3.8) is 0 Å². The molecule has 4 heterocycles. The molecule has 0 bridgehead atoms. The summed E-state index contributed by atoms with van der Waals surface area (Å²) < 4.78 is 0. The first-order valence-electron chi connectivity index (χ1n) is 7.68. The predicted octanol–water partition coefficient (Wildman–Crippen LogP) is 3.03. The van der Waals surface area contributed by atoms with Gasteiger partial charge >= 0.3 is 0 Å². The molecule has 0 unspecified atom stereocenters. The Kier molecular flexibility index (Phi) is 2.93. The highest BCUT2D eigenvalue weighted by molar-refractivity contribution is 5.90. The van der Waals surface area contributed by atoms with E-state index in [1.165, 1.54) is 0 Å². The van der Waals surface area contributed by atoms with Crippen LogP contribution in [0.2, 0.25) is 0 Å². The number of H-pyrrole nitrogens is 2. The molecule has 0 saturated heterocycles. The van der Waals surface area contributed by atoms with E-state index in [0.717, 1.165) is 33.2 Å². The zero-order valence-electron chi connectivity index (χ0n) is 12.9. The van der Waals surface area contributed by atoms with Crippen LogP contribution in [0.15, 0.2) is 55.1 Å². The van der Waals surface area contributed by atoms with E-state index >= 15 is 0 Å². The lowest BCUT2D eigenvalue weighted by Gasteiger charge is -2.08. The molecule has 0 aliphatic rings. The third-order valence-corrected chi connectivity index (χ3v) is 3.94. The number of aromatic nitrogens is 7. The quantitative estimate of drug-likeness (QED) is 0.470. The molecular weight excluding hydrogens is 316 g/mol. The van der Waals surface area contributed by atoms with Gasteiger partial charge in [0, 0.05) is 29.0 Å². The molecule has 0 spiro atoms. The van der Waals surface area contributed by atoms with Crippen molar-refractivity contribution in [2.45, 2.75) is 0 Å². The second-order valence-corrected chi connectivity index (χ2v) is 5.56. The Hall–Kier alpha value is -3.81. The third kappa shape index (κ3) is 2.36. The van der Waals surface area contributed by atoms with Gasteiger partial charge in [0.1, 0.15) is 11.0 Å². The van der Waals surface area contributed by atoms with E-state index in [4.69, 9.17) is 0 Å². The van der Waals surface area contributed by atoms with Gasteiger partial charge in [0.2, 0.25) is 0 Å². The van der Waals surface area contributed by atoms with Crippen LogP contribution in [0.3, 0.4) is 0 Å². The fraction of sp³-hybridized carbons (Fsp3) is 0. The second-order valence-electron chi connectivity index (χ2n) is 5.56. The average molecular weight is 328 g/mol. The zero-order valence-corrected chi connectivity index (χ0v) is 12.9. The monoisotopic (exact) mass is 328 g/mol. The SMILES string of the molecule is c1cc(-c2nc(Nc3ccc4cn[nH]c4c3)c3[nH]ncc3n2)ccn1. The van der Waals surface area contributed by atoms with E-state index in [9.17, 15) is 0 Å². The number of benzene rings is 1. The topological polar surface area (TPSA) is 108 Å². The van der Waals surface area contributed by atoms with Gasteiger partial charge in [-0.2, -0.15) is 10.2 Å². The molecular formula is C17H12N8. The maximum atomic E-state index is 4.66. The van der Waals surface area contributed by atoms with Crippen LogP contribution in [-0.2, 0) is 0 Å². The normalized spacial score (nSPS) is 11.2. The van der Waals surface area contributed by atoms with Crippen molar-refractivity contribution in [2.24, 2.45) is 0 Å². The van der Waals surface area contributed by atoms with Crippen LogP contribution in [-0.4, -0.2) is 35.3 Å². The average Bonchev–Trinajstić information content (AvgIpc) is 3.31. The van der Waals surface area contributed by atoms with E-state index in [1.807, 2.05) is 30.3 Å². The fourth-order valence-electron chi connectivity index (χ4n) is 2.71. The highest BCUT2D eigenvalue weighted by atomic mass is 15.2. The lowest BCUT2D eigenvalue weighted by Crippen LogP contribution is -1.99. The highest BCUT2D eigenvalue weighted by Crippen LogP contribution is 2.26. The zero-order chi connectivity index (χ0) is 16.6. The summed E-state index contributed by atoms with van der Waals surface area (Å²) in [5.41, 5.74) is 4.24. The Morgan fingerprint density at radius 2 is 1.76 bits per heavy atom. The minimum Gasteiger partial charge on any atom is -0.338 e. The Morgan fingerprint density at radius 3 is 2.68 bits per heavy atom. The molecule has 0 saturated carbocycles. The van der Waals surface area contributed by atoms with E-state index in [1.54, 1.807) is 24.8 Å². The van der Waals surface area contributed by atoms with Crippen molar-refractivity contribution < 1.29 is 0 Å². The van der Waals surface area contributed by atoms with E-state index in [-0.39, 0.29) is 0 Å². The third-order valence-electron chi connectivity index (χ3n) is 3.94. The molecule has 0 radical (unpaired) electrons. The van der Waals surface area contributed by atoms with Gasteiger partial charge in [-0.05, 0) is 30.3 Å². The van der Waals surface area contributed by atoms with Gasteiger partial charge in [-0.1, -0.05) is 0 Å². The summed E-state index contributed by atoms with van der Waals surface area (Å²) in [6.45, 7) is 0. The van der Waals surface area contributed by atoms with Gasteiger partial charge in [0.05, 0.1) is 17.9 Å². The Morgan fingerprint density at radius 1 is 0.880 bits per heavy atom. The van der Waals surface area contributed by atoms with Crippen molar-refractivity contribution in [1.82, 2.24) is 35.3 Å². The lowest BCUT2D eigenvalue weighted by molar-refractivity contribution is 1.11. The summed E-state index contributed by atoms with van der Waals surface area (Å²) in [5.74, 6) is 1.27. The van der Waals surface area contributed by atoms with Crippen LogP contribution < -0.4 is 5.32 Å². The predicted molar refractivity (Wildman–Crippen MR) is 94.3 cm³/mol. The van der Waals surface area contributed by atoms with Crippen molar-refractivity contribution in [1.29, 1.82) is 0 Å². The van der Waals surface area contributed by atoms with Gasteiger partial charge in [-0.25, -0.2) is 9.97 Å². The first-order valence-corrected chi connectivity index (χ1v) is 7.68. The fourth-order valence-corrected chi connectivity index (χ4v) is 2.71. The number of hydrogen-bond acceptors (Lipinski definition) is 6. The molecule has 0 fully saturated rings. The Bertz CT molecular complexity index is 1180. The molecule has 5 rings (SSSR count). The number of hydrogen-bond donors (Lipinski definition) is 3. The first kappa shape index (κ1) is 13.6. The summed E-state index contributed by atoms with van der Waals surface area (Å²) in [4.78, 5) is 13.3. The van der Waals surface area contributed by atoms with Crippen LogP contribution in [0.5, 0.6) is 0 Å².